The molecule has 10 heavy (non-hydrogen) atoms. The molecule has 0 saturated heterocycles. The van der Waals surface area contributed by atoms with E-state index in [0.29, 0.717) is 12.8 Å². The van der Waals surface area contributed by atoms with Crippen LogP contribution in [0.25, 0.3) is 0 Å². The quantitative estimate of drug-likeness (QED) is 0.337. The van der Waals surface area contributed by atoms with Gasteiger partial charge in [0.05, 0.1) is 12.1 Å². The Balaban J connectivity index is 3.08. The number of allylic oxidation sites excluding steroid dienone is 2. The summed E-state index contributed by atoms with van der Waals surface area (Å²) in [7, 11) is 0. The van der Waals surface area contributed by atoms with Crippen molar-refractivity contribution in [3.8, 4) is 12.1 Å². The van der Waals surface area contributed by atoms with E-state index in [1.807, 2.05) is 24.3 Å². The molecule has 0 aromatic heterocycles. The molecule has 0 heterocycles. The van der Waals surface area contributed by atoms with Crippen LogP contribution < -0.4 is 0 Å². The molecule has 0 aliphatic heterocycles. The minimum atomic E-state index is 0.572. The monoisotopic (exact) mass is 136 g/mol. The fraction of sp³-hybridized carbons (Fsp3) is 0.500. The van der Waals surface area contributed by atoms with Gasteiger partial charge in [0.1, 0.15) is 0 Å². The van der Waals surface area contributed by atoms with Crippen molar-refractivity contribution in [2.75, 3.05) is 0 Å². The van der Waals surface area contributed by atoms with Gasteiger partial charge in [0.2, 0.25) is 0 Å². The lowest BCUT2D eigenvalue weighted by molar-refractivity contribution is 1.01. The molecule has 0 N–H and O–H groups in total. The van der Waals surface area contributed by atoms with E-state index in [1.54, 1.807) is 0 Å². The van der Waals surface area contributed by atoms with Gasteiger partial charge in [-0.15, -0.1) is 0 Å². The average molecular weight is 136 g/mol. The third-order valence-corrected chi connectivity index (χ3v) is 1.01. The average Bonchev–Trinajstić information content (AvgIpc) is 1.97. The largest absolute Gasteiger partial charge is 0.198 e. The summed E-state index contributed by atoms with van der Waals surface area (Å²) in [6.45, 7) is 0. The van der Waals surface area contributed by atoms with Crippen LogP contribution in [0.5, 0.6) is 0 Å². The summed E-state index contributed by atoms with van der Waals surface area (Å²) in [6, 6.07) is 4.08. The van der Waals surface area contributed by atoms with Crippen LogP contribution in [0.15, 0.2) is 12.2 Å². The lowest BCUT2D eigenvalue weighted by Gasteiger charge is -1.81. The molecule has 0 saturated carbocycles. The maximum atomic E-state index is 8.13. The summed E-state index contributed by atoms with van der Waals surface area (Å²) in [5.41, 5.74) is 0. The van der Waals surface area contributed by atoms with E-state index in [2.05, 4.69) is 0 Å². The number of rotatable bonds is 4. The predicted octanol–water partition coefficient (Wildman–Crippen LogP) is 2.15. The van der Waals surface area contributed by atoms with Crippen LogP contribution in [-0.4, -0.2) is 0 Å². The standard InChI is InChI=1S/C8H10N2/c9-7-5-3-1-2-4-6-8-10/h1-2H,3-6H2/i7+1,8+1. The van der Waals surface area contributed by atoms with E-state index < -0.39 is 0 Å². The normalized spacial score (nSPS) is 9.00. The van der Waals surface area contributed by atoms with Gasteiger partial charge >= 0.3 is 0 Å². The summed E-state index contributed by atoms with van der Waals surface area (Å²) in [5.74, 6) is 0. The number of hydrogen-bond donors (Lipinski definition) is 0. The lowest BCUT2D eigenvalue weighted by Crippen LogP contribution is -1.66. The first-order valence-electron chi connectivity index (χ1n) is 3.30. The third kappa shape index (κ3) is 6.72. The van der Waals surface area contributed by atoms with E-state index in [1.165, 1.54) is 0 Å². The van der Waals surface area contributed by atoms with Gasteiger partial charge in [-0.1, -0.05) is 12.2 Å². The SMILES string of the molecule is N#[13C]CCC=CCC[13C]#N. The Labute approximate surface area is 61.4 Å². The third-order valence-electron chi connectivity index (χ3n) is 1.01. The van der Waals surface area contributed by atoms with E-state index in [0.717, 1.165) is 12.8 Å². The van der Waals surface area contributed by atoms with Gasteiger partial charge in [-0.25, -0.2) is 0 Å². The predicted molar refractivity (Wildman–Crippen MR) is 38.8 cm³/mol. The zero-order valence-electron chi connectivity index (χ0n) is 5.88. The molecule has 0 amide bonds. The molecular weight excluding hydrogens is 126 g/mol. The maximum Gasteiger partial charge on any atom is 0.0624 e. The van der Waals surface area contributed by atoms with Crippen LogP contribution in [0, 0.1) is 22.7 Å². The first-order valence-corrected chi connectivity index (χ1v) is 3.30. The van der Waals surface area contributed by atoms with Gasteiger partial charge in [-0.3, -0.25) is 0 Å². The Morgan fingerprint density at radius 1 is 0.900 bits per heavy atom. The van der Waals surface area contributed by atoms with Crippen molar-refractivity contribution in [3.05, 3.63) is 12.2 Å². The Hall–Kier alpha value is -1.28. The molecule has 0 radical (unpaired) electrons. The second-order valence-electron chi connectivity index (χ2n) is 1.86. The van der Waals surface area contributed by atoms with Crippen molar-refractivity contribution in [1.29, 1.82) is 10.5 Å². The molecule has 0 fully saturated rings. The Kier molecular flexibility index (Phi) is 6.73. The van der Waals surface area contributed by atoms with E-state index in [-0.39, 0.29) is 0 Å². The number of unbranched alkanes of at least 4 members (excludes halogenated alkanes) is 2. The second kappa shape index (κ2) is 7.72. The zero-order chi connectivity index (χ0) is 7.66. The molecule has 0 rings (SSSR count). The highest BCUT2D eigenvalue weighted by Gasteiger charge is 1.78. The summed E-state index contributed by atoms with van der Waals surface area (Å²) < 4.78 is 0. The maximum absolute atomic E-state index is 8.13. The number of hydrogen-bond acceptors (Lipinski definition) is 2. The summed E-state index contributed by atoms with van der Waals surface area (Å²) in [5, 5.41) is 16.3. The van der Waals surface area contributed by atoms with Crippen LogP contribution in [0.1, 0.15) is 25.7 Å². The molecule has 0 spiro atoms. The van der Waals surface area contributed by atoms with Crippen molar-refractivity contribution in [2.24, 2.45) is 0 Å². The topological polar surface area (TPSA) is 47.6 Å². The molecule has 0 bridgehead atoms. The molecule has 2 nitrogen and oxygen atoms in total. The highest BCUT2D eigenvalue weighted by atomic mass is 14.4. The second-order valence-corrected chi connectivity index (χ2v) is 1.86. The molecule has 0 aromatic rings. The highest BCUT2D eigenvalue weighted by Crippen LogP contribution is 1.93. The first kappa shape index (κ1) is 8.72. The van der Waals surface area contributed by atoms with Crippen LogP contribution in [0.4, 0.5) is 0 Å². The molecule has 0 aliphatic carbocycles. The van der Waals surface area contributed by atoms with Crippen LogP contribution >= 0.6 is 0 Å². The minimum Gasteiger partial charge on any atom is -0.198 e. The van der Waals surface area contributed by atoms with Gasteiger partial charge in [0, 0.05) is 12.8 Å². The van der Waals surface area contributed by atoms with E-state index in [9.17, 15) is 0 Å². The summed E-state index contributed by atoms with van der Waals surface area (Å²) in [4.78, 5) is 0. The molecule has 0 atom stereocenters. The smallest absolute Gasteiger partial charge is 0.0624 e. The zero-order valence-corrected chi connectivity index (χ0v) is 5.88. The van der Waals surface area contributed by atoms with Crippen molar-refractivity contribution in [3.63, 3.8) is 0 Å². The van der Waals surface area contributed by atoms with Gasteiger partial charge in [0.15, 0.2) is 0 Å². The highest BCUT2D eigenvalue weighted by molar-refractivity contribution is 4.87. The molecule has 0 aromatic carbocycles. The summed E-state index contributed by atoms with van der Waals surface area (Å²) in [6.07, 6.45) is 6.65. The molecule has 2 heteroatoms. The fourth-order valence-electron chi connectivity index (χ4n) is 0.531. The van der Waals surface area contributed by atoms with Gasteiger partial charge in [-0.05, 0) is 12.8 Å². The van der Waals surface area contributed by atoms with Crippen LogP contribution in [0.2, 0.25) is 0 Å². The Morgan fingerprint density at radius 2 is 1.30 bits per heavy atom. The number of nitrogens with zero attached hydrogens (tertiary/aromatic N) is 2. The molecular formula is C8H10N2. The van der Waals surface area contributed by atoms with Gasteiger partial charge < -0.3 is 0 Å². The van der Waals surface area contributed by atoms with Crippen molar-refractivity contribution in [1.82, 2.24) is 0 Å². The first-order chi connectivity index (χ1) is 4.91. The van der Waals surface area contributed by atoms with Crippen molar-refractivity contribution >= 4 is 0 Å². The molecule has 0 aliphatic rings. The Morgan fingerprint density at radius 3 is 1.60 bits per heavy atom. The van der Waals surface area contributed by atoms with Crippen molar-refractivity contribution in [2.45, 2.75) is 25.7 Å². The minimum absolute atomic E-state index is 0.572. The number of nitriles is 2. The fourth-order valence-corrected chi connectivity index (χ4v) is 0.531. The van der Waals surface area contributed by atoms with Crippen molar-refractivity contribution < 1.29 is 0 Å². The lowest BCUT2D eigenvalue weighted by atomic mass is 10.3. The molecule has 0 unspecified atom stereocenters. The van der Waals surface area contributed by atoms with E-state index >= 15 is 0 Å². The summed E-state index contributed by atoms with van der Waals surface area (Å²) >= 11 is 0. The van der Waals surface area contributed by atoms with E-state index in [4.69, 9.17) is 10.5 Å². The van der Waals surface area contributed by atoms with Crippen LogP contribution in [0.3, 0.4) is 0 Å². The Bertz CT molecular complexity index is 149. The van der Waals surface area contributed by atoms with Gasteiger partial charge in [0.25, 0.3) is 0 Å². The van der Waals surface area contributed by atoms with Crippen LogP contribution in [-0.2, 0) is 0 Å². The molecule has 52 valence electrons. The van der Waals surface area contributed by atoms with Gasteiger partial charge in [-0.2, -0.15) is 10.5 Å².